The molecule has 132 valence electrons. The van der Waals surface area contributed by atoms with Crippen LogP contribution in [0, 0.1) is 16.7 Å². The van der Waals surface area contributed by atoms with Crippen LogP contribution in [0.15, 0.2) is 24.3 Å². The molecule has 0 bridgehead atoms. The van der Waals surface area contributed by atoms with E-state index in [1.54, 1.807) is 18.2 Å². The van der Waals surface area contributed by atoms with E-state index in [2.05, 4.69) is 11.0 Å². The molecule has 1 amide bonds. The Bertz CT molecular complexity index is 682. The Morgan fingerprint density at radius 2 is 1.92 bits per heavy atom. The number of piperidine rings is 1. The van der Waals surface area contributed by atoms with Crippen LogP contribution in [0.25, 0.3) is 0 Å². The van der Waals surface area contributed by atoms with Gasteiger partial charge in [0, 0.05) is 37.8 Å². The highest BCUT2D eigenvalue weighted by Crippen LogP contribution is 2.51. The normalized spacial score (nSPS) is 26.0. The second kappa shape index (κ2) is 6.78. The van der Waals surface area contributed by atoms with Crippen LogP contribution < -0.4 is 0 Å². The minimum absolute atomic E-state index is 0.0641. The van der Waals surface area contributed by atoms with Gasteiger partial charge in [-0.25, -0.2) is 0 Å². The molecular formula is C20H25N3O2. The van der Waals surface area contributed by atoms with Crippen molar-refractivity contribution in [2.75, 3.05) is 39.4 Å². The van der Waals surface area contributed by atoms with Crippen LogP contribution in [0.3, 0.4) is 0 Å². The minimum atomic E-state index is 0.0641. The predicted octanol–water partition coefficient (Wildman–Crippen LogP) is 2.28. The molecule has 2 aliphatic heterocycles. The molecule has 1 spiro atoms. The van der Waals surface area contributed by atoms with Gasteiger partial charge in [-0.3, -0.25) is 9.69 Å². The summed E-state index contributed by atoms with van der Waals surface area (Å²) in [5.41, 5.74) is 1.59. The highest BCUT2D eigenvalue weighted by Gasteiger charge is 2.51. The maximum Gasteiger partial charge on any atom is 0.253 e. The molecule has 1 aliphatic carbocycles. The molecule has 0 N–H and O–H groups in total. The van der Waals surface area contributed by atoms with Crippen LogP contribution in [0.4, 0.5) is 0 Å². The van der Waals surface area contributed by atoms with Gasteiger partial charge in [-0.15, -0.1) is 0 Å². The lowest BCUT2D eigenvalue weighted by Gasteiger charge is -2.58. The molecule has 1 saturated carbocycles. The summed E-state index contributed by atoms with van der Waals surface area (Å²) in [5.74, 6) is 0.0641. The SMILES string of the molecule is N#Cc1cccc(C(=O)N2CCC3(CCC3N3CCOCC3)CC2)c1. The van der Waals surface area contributed by atoms with Crippen LogP contribution >= 0.6 is 0 Å². The Morgan fingerprint density at radius 1 is 1.16 bits per heavy atom. The van der Waals surface area contributed by atoms with Gasteiger partial charge in [0.1, 0.15) is 0 Å². The smallest absolute Gasteiger partial charge is 0.253 e. The second-order valence-electron chi connectivity index (χ2n) is 7.55. The maximum atomic E-state index is 12.8. The van der Waals surface area contributed by atoms with Crippen molar-refractivity contribution in [1.82, 2.24) is 9.80 Å². The number of nitrogens with zero attached hydrogens (tertiary/aromatic N) is 3. The van der Waals surface area contributed by atoms with Gasteiger partial charge in [0.15, 0.2) is 0 Å². The molecule has 2 saturated heterocycles. The van der Waals surface area contributed by atoms with Crippen molar-refractivity contribution in [1.29, 1.82) is 5.26 Å². The Kier molecular flexibility index (Phi) is 4.49. The maximum absolute atomic E-state index is 12.8. The molecule has 0 aromatic heterocycles. The Balaban J connectivity index is 1.39. The molecule has 3 aliphatic rings. The predicted molar refractivity (Wildman–Crippen MR) is 94.1 cm³/mol. The Labute approximate surface area is 149 Å². The third kappa shape index (κ3) is 3.05. The zero-order valence-corrected chi connectivity index (χ0v) is 14.6. The number of hydrogen-bond donors (Lipinski definition) is 0. The number of rotatable bonds is 2. The number of amides is 1. The van der Waals surface area contributed by atoms with Gasteiger partial charge in [-0.05, 0) is 49.3 Å². The average Bonchev–Trinajstić information content (AvgIpc) is 2.67. The van der Waals surface area contributed by atoms with Gasteiger partial charge in [0.25, 0.3) is 5.91 Å². The topological polar surface area (TPSA) is 56.6 Å². The molecule has 5 nitrogen and oxygen atoms in total. The van der Waals surface area contributed by atoms with Crippen LogP contribution in [0.1, 0.15) is 41.6 Å². The van der Waals surface area contributed by atoms with Crippen molar-refractivity contribution in [2.24, 2.45) is 5.41 Å². The quantitative estimate of drug-likeness (QED) is 0.829. The highest BCUT2D eigenvalue weighted by molar-refractivity contribution is 5.94. The van der Waals surface area contributed by atoms with Crippen LogP contribution in [0.2, 0.25) is 0 Å². The second-order valence-corrected chi connectivity index (χ2v) is 7.55. The van der Waals surface area contributed by atoms with Crippen LogP contribution in [0.5, 0.6) is 0 Å². The van der Waals surface area contributed by atoms with Crippen molar-refractivity contribution in [2.45, 2.75) is 31.7 Å². The summed E-state index contributed by atoms with van der Waals surface area (Å²) in [6.45, 7) is 5.47. The van der Waals surface area contributed by atoms with E-state index in [9.17, 15) is 4.79 Å². The number of nitriles is 1. The molecule has 25 heavy (non-hydrogen) atoms. The van der Waals surface area contributed by atoms with E-state index in [0.717, 1.165) is 52.2 Å². The summed E-state index contributed by atoms with van der Waals surface area (Å²) in [6, 6.07) is 9.83. The molecule has 5 heteroatoms. The summed E-state index contributed by atoms with van der Waals surface area (Å²) in [5, 5.41) is 9.03. The number of carbonyl (C=O) groups is 1. The van der Waals surface area contributed by atoms with E-state index < -0.39 is 0 Å². The summed E-state index contributed by atoms with van der Waals surface area (Å²) >= 11 is 0. The van der Waals surface area contributed by atoms with E-state index in [1.807, 2.05) is 11.0 Å². The Morgan fingerprint density at radius 3 is 2.56 bits per heavy atom. The van der Waals surface area contributed by atoms with Crippen LogP contribution in [-0.2, 0) is 4.74 Å². The minimum Gasteiger partial charge on any atom is -0.379 e. The fraction of sp³-hybridized carbons (Fsp3) is 0.600. The van der Waals surface area contributed by atoms with Crippen molar-refractivity contribution in [3.63, 3.8) is 0 Å². The fourth-order valence-corrected chi connectivity index (χ4v) is 4.78. The van der Waals surface area contributed by atoms with Gasteiger partial charge in [0.05, 0.1) is 24.8 Å². The number of ether oxygens (including phenoxy) is 1. The van der Waals surface area contributed by atoms with Crippen molar-refractivity contribution >= 4 is 5.91 Å². The zero-order valence-electron chi connectivity index (χ0n) is 14.6. The first-order chi connectivity index (χ1) is 12.2. The lowest BCUT2D eigenvalue weighted by molar-refractivity contribution is -0.0937. The van der Waals surface area contributed by atoms with E-state index in [4.69, 9.17) is 10.00 Å². The van der Waals surface area contributed by atoms with Crippen LogP contribution in [-0.4, -0.2) is 61.1 Å². The first-order valence-corrected chi connectivity index (χ1v) is 9.33. The van der Waals surface area contributed by atoms with Gasteiger partial charge in [-0.2, -0.15) is 5.26 Å². The standard InChI is InChI=1S/C20H25N3O2/c21-15-16-2-1-3-17(14-16)19(24)23-8-6-20(7-9-23)5-4-18(20)22-10-12-25-13-11-22/h1-3,14,18H,4-13H2. The monoisotopic (exact) mass is 339 g/mol. The Hall–Kier alpha value is -1.90. The van der Waals surface area contributed by atoms with E-state index in [1.165, 1.54) is 12.8 Å². The molecule has 2 heterocycles. The summed E-state index contributed by atoms with van der Waals surface area (Å²) in [7, 11) is 0. The fourth-order valence-electron chi connectivity index (χ4n) is 4.78. The number of likely N-dealkylation sites (tertiary alicyclic amines) is 1. The number of carbonyl (C=O) groups excluding carboxylic acids is 1. The van der Waals surface area contributed by atoms with Gasteiger partial charge in [-0.1, -0.05) is 6.07 Å². The van der Waals surface area contributed by atoms with Crippen molar-refractivity contribution in [3.8, 4) is 6.07 Å². The molecule has 1 atom stereocenters. The average molecular weight is 339 g/mol. The molecule has 4 rings (SSSR count). The largest absolute Gasteiger partial charge is 0.379 e. The third-order valence-electron chi connectivity index (χ3n) is 6.39. The van der Waals surface area contributed by atoms with Gasteiger partial charge in [0.2, 0.25) is 0 Å². The summed E-state index contributed by atoms with van der Waals surface area (Å²) in [6.07, 6.45) is 4.77. The zero-order chi connectivity index (χ0) is 17.3. The lowest BCUT2D eigenvalue weighted by atomic mass is 9.58. The molecule has 1 aromatic carbocycles. The summed E-state index contributed by atoms with van der Waals surface area (Å²) in [4.78, 5) is 17.3. The van der Waals surface area contributed by atoms with E-state index >= 15 is 0 Å². The molecule has 1 aromatic rings. The number of hydrogen-bond acceptors (Lipinski definition) is 4. The van der Waals surface area contributed by atoms with Gasteiger partial charge >= 0.3 is 0 Å². The van der Waals surface area contributed by atoms with E-state index in [-0.39, 0.29) is 5.91 Å². The van der Waals surface area contributed by atoms with Crippen molar-refractivity contribution < 1.29 is 9.53 Å². The molecular weight excluding hydrogens is 314 g/mol. The molecule has 3 fully saturated rings. The number of benzene rings is 1. The summed E-state index contributed by atoms with van der Waals surface area (Å²) < 4.78 is 5.49. The van der Waals surface area contributed by atoms with Crippen molar-refractivity contribution in [3.05, 3.63) is 35.4 Å². The van der Waals surface area contributed by atoms with Gasteiger partial charge < -0.3 is 9.64 Å². The first-order valence-electron chi connectivity index (χ1n) is 9.33. The highest BCUT2D eigenvalue weighted by atomic mass is 16.5. The third-order valence-corrected chi connectivity index (χ3v) is 6.39. The molecule has 1 unspecified atom stereocenters. The first kappa shape index (κ1) is 16.6. The van der Waals surface area contributed by atoms with E-state index in [0.29, 0.717) is 22.6 Å². The number of morpholine rings is 1. The lowest BCUT2D eigenvalue weighted by Crippen LogP contribution is -2.61. The molecule has 0 radical (unpaired) electrons.